The van der Waals surface area contributed by atoms with E-state index in [2.05, 4.69) is 115 Å². The number of benzene rings is 2. The fourth-order valence-corrected chi connectivity index (χ4v) is 15.9. The molecule has 5 aliphatic heterocycles. The van der Waals surface area contributed by atoms with Gasteiger partial charge in [0.25, 0.3) is 8.32 Å². The van der Waals surface area contributed by atoms with Gasteiger partial charge in [-0.1, -0.05) is 93.6 Å². The van der Waals surface area contributed by atoms with E-state index in [1.54, 1.807) is 0 Å². The van der Waals surface area contributed by atoms with Crippen molar-refractivity contribution >= 4 is 18.7 Å². The van der Waals surface area contributed by atoms with Crippen LogP contribution in [0.2, 0.25) is 5.04 Å². The highest BCUT2D eigenvalue weighted by Gasteiger charge is 2.79. The molecule has 8 atom stereocenters. The van der Waals surface area contributed by atoms with E-state index >= 15 is 0 Å². The topological polar surface area (TPSA) is 28.2 Å². The summed E-state index contributed by atoms with van der Waals surface area (Å²) in [6.45, 7) is 12.9. The first-order chi connectivity index (χ1) is 22.9. The van der Waals surface area contributed by atoms with E-state index in [4.69, 9.17) is 9.16 Å². The van der Waals surface area contributed by atoms with Crippen LogP contribution in [0.15, 0.2) is 72.8 Å². The lowest BCUT2D eigenvalue weighted by molar-refractivity contribution is -0.0771. The molecular formula is C42H56N2O2Si. The Bertz CT molecular complexity index is 1450. The highest BCUT2D eigenvalue weighted by molar-refractivity contribution is 6.99. The third-order valence-corrected chi connectivity index (χ3v) is 18.1. The van der Waals surface area contributed by atoms with Crippen molar-refractivity contribution in [2.45, 2.75) is 114 Å². The molecule has 0 amide bonds. The van der Waals surface area contributed by atoms with Crippen LogP contribution in [-0.4, -0.2) is 74.7 Å². The molecule has 0 aromatic heterocycles. The van der Waals surface area contributed by atoms with E-state index in [-0.39, 0.29) is 22.2 Å². The van der Waals surface area contributed by atoms with Crippen molar-refractivity contribution in [3.8, 4) is 11.8 Å². The smallest absolute Gasteiger partial charge is 0.261 e. The molecule has 4 nitrogen and oxygen atoms in total. The molecule has 1 saturated carbocycles. The quantitative estimate of drug-likeness (QED) is 0.155. The summed E-state index contributed by atoms with van der Waals surface area (Å²) < 4.78 is 15.1. The maximum absolute atomic E-state index is 7.80. The molecule has 250 valence electrons. The van der Waals surface area contributed by atoms with Gasteiger partial charge in [0.15, 0.2) is 0 Å². The van der Waals surface area contributed by atoms with Gasteiger partial charge < -0.3 is 14.1 Å². The van der Waals surface area contributed by atoms with Gasteiger partial charge in [-0.15, -0.1) is 11.8 Å². The van der Waals surface area contributed by atoms with Crippen LogP contribution in [0.5, 0.6) is 0 Å². The summed E-state index contributed by atoms with van der Waals surface area (Å²) >= 11 is 0. The number of hydrogen-bond acceptors (Lipinski definition) is 4. The molecule has 0 radical (unpaired) electrons. The van der Waals surface area contributed by atoms with Gasteiger partial charge in [-0.25, -0.2) is 0 Å². The van der Waals surface area contributed by atoms with Crippen LogP contribution in [0, 0.1) is 29.1 Å². The third-order valence-electron chi connectivity index (χ3n) is 13.1. The highest BCUT2D eigenvalue weighted by Crippen LogP contribution is 2.69. The van der Waals surface area contributed by atoms with Crippen LogP contribution >= 0.6 is 0 Å². The lowest BCUT2D eigenvalue weighted by atomic mass is 9.53. The minimum absolute atomic E-state index is 0.0321. The monoisotopic (exact) mass is 648 g/mol. The Kier molecular flexibility index (Phi) is 8.58. The van der Waals surface area contributed by atoms with Crippen LogP contribution in [0.3, 0.4) is 0 Å². The number of piperidine rings is 1. The maximum atomic E-state index is 7.80. The molecule has 2 spiro atoms. The van der Waals surface area contributed by atoms with Crippen molar-refractivity contribution in [2.24, 2.45) is 17.3 Å². The largest absolute Gasteiger partial charge is 0.407 e. The average molecular weight is 649 g/mol. The van der Waals surface area contributed by atoms with E-state index in [1.807, 2.05) is 0 Å². The first kappa shape index (κ1) is 32.0. The Morgan fingerprint density at radius 2 is 1.62 bits per heavy atom. The minimum Gasteiger partial charge on any atom is -0.407 e. The predicted molar refractivity (Wildman–Crippen MR) is 194 cm³/mol. The van der Waals surface area contributed by atoms with Crippen molar-refractivity contribution in [1.82, 2.24) is 9.80 Å². The zero-order chi connectivity index (χ0) is 32.1. The minimum atomic E-state index is -2.66. The first-order valence-corrected chi connectivity index (χ1v) is 20.8. The van der Waals surface area contributed by atoms with Gasteiger partial charge in [0, 0.05) is 49.4 Å². The molecule has 3 saturated heterocycles. The number of ether oxygens (including phenoxy) is 1. The molecule has 47 heavy (non-hydrogen) atoms. The van der Waals surface area contributed by atoms with E-state index in [0.29, 0.717) is 23.9 Å². The van der Waals surface area contributed by atoms with E-state index in [9.17, 15) is 0 Å². The van der Waals surface area contributed by atoms with Crippen LogP contribution < -0.4 is 10.4 Å². The van der Waals surface area contributed by atoms with Crippen molar-refractivity contribution in [3.05, 3.63) is 72.8 Å². The number of epoxide rings is 1. The summed E-state index contributed by atoms with van der Waals surface area (Å²) in [7, 11) is -2.66. The Morgan fingerprint density at radius 1 is 0.894 bits per heavy atom. The van der Waals surface area contributed by atoms with Gasteiger partial charge in [-0.3, -0.25) is 4.90 Å². The molecule has 2 aromatic rings. The molecule has 4 fully saturated rings. The van der Waals surface area contributed by atoms with Crippen molar-refractivity contribution in [3.63, 3.8) is 0 Å². The van der Waals surface area contributed by atoms with Gasteiger partial charge in [0.2, 0.25) is 0 Å². The normalized spacial score (nSPS) is 37.7. The second-order valence-electron chi connectivity index (χ2n) is 16.7. The van der Waals surface area contributed by atoms with E-state index < -0.39 is 8.32 Å². The second-order valence-corrected chi connectivity index (χ2v) is 21.0. The highest BCUT2D eigenvalue weighted by atomic mass is 28.4. The Balaban J connectivity index is 1.22. The summed E-state index contributed by atoms with van der Waals surface area (Å²) in [6, 6.07) is 23.5. The van der Waals surface area contributed by atoms with Crippen molar-refractivity contribution in [1.29, 1.82) is 0 Å². The van der Waals surface area contributed by atoms with Crippen molar-refractivity contribution in [2.75, 3.05) is 32.8 Å². The summed E-state index contributed by atoms with van der Waals surface area (Å²) in [5.74, 6) is 8.19. The number of rotatable bonds is 5. The fraction of sp³-hybridized carbons (Fsp3) is 0.619. The lowest BCUT2D eigenvalue weighted by Gasteiger charge is -2.57. The number of fused-ring (bicyclic) bond motifs is 2. The molecule has 1 aliphatic carbocycles. The van der Waals surface area contributed by atoms with Crippen LogP contribution in [0.4, 0.5) is 0 Å². The molecule has 2 aromatic carbocycles. The van der Waals surface area contributed by atoms with Crippen LogP contribution in [0.1, 0.15) is 85.0 Å². The summed E-state index contributed by atoms with van der Waals surface area (Å²) in [5.41, 5.74) is 0.120. The predicted octanol–water partition coefficient (Wildman–Crippen LogP) is 6.79. The molecule has 6 aliphatic rings. The van der Waals surface area contributed by atoms with Crippen LogP contribution in [-0.2, 0) is 9.16 Å². The summed E-state index contributed by atoms with van der Waals surface area (Å²) in [4.78, 5) is 5.81. The molecule has 0 N–H and O–H groups in total. The maximum Gasteiger partial charge on any atom is 0.261 e. The molecule has 5 heteroatoms. The summed E-state index contributed by atoms with van der Waals surface area (Å²) in [5, 5.41) is 2.73. The Morgan fingerprint density at radius 3 is 2.36 bits per heavy atom. The second kappa shape index (κ2) is 12.6. The van der Waals surface area contributed by atoms with Gasteiger partial charge in [-0.05, 0) is 92.3 Å². The van der Waals surface area contributed by atoms with Gasteiger partial charge in [0.1, 0.15) is 5.60 Å². The van der Waals surface area contributed by atoms with Crippen molar-refractivity contribution < 1.29 is 9.16 Å². The SMILES string of the molecule is CC(C)(C)[Si](OC[C@@H]1[C@@H]2CCN3CCCCC#CCC[C@@]4(O[C@@H]14)[C@@H]1N4CCCC/C=C\[C@H]4C[C@@]12C3)(c1ccccc1)c1ccccc1. The Hall–Kier alpha value is -2.20. The number of allylic oxidation sites excluding steroid dienone is 1. The molecular weight excluding hydrogens is 593 g/mol. The third kappa shape index (κ3) is 5.33. The average Bonchev–Trinajstić information content (AvgIpc) is 3.71. The molecule has 8 rings (SSSR count). The molecule has 1 unspecified atom stereocenters. The van der Waals surface area contributed by atoms with E-state index in [0.717, 1.165) is 25.9 Å². The first-order valence-electron chi connectivity index (χ1n) is 18.9. The standard InChI is InChI=1S/C42H56N2O2Si/c1-40(2,3)47(34-21-13-10-14-22-34,35-23-15-11-16-24-35)45-31-36-37-25-29-43-27-18-8-5-4-7-17-26-42(38(36)46-42)39-41(37,32-43)30-33-20-12-6-9-19-28-44(33)39/h10-16,20-24,33,36-39H,5-6,8-9,17-19,25-32H2,1-3H3/b20-12-/t33-,36+,37-,38-,39+,41-,42-/m0/s1. The fourth-order valence-electron chi connectivity index (χ4n) is 11.3. The lowest BCUT2D eigenvalue weighted by Crippen LogP contribution is -2.69. The number of hydrogen-bond donors (Lipinski definition) is 0. The van der Waals surface area contributed by atoms with Gasteiger partial charge in [0.05, 0.1) is 6.10 Å². The van der Waals surface area contributed by atoms with Gasteiger partial charge in [-0.2, -0.15) is 0 Å². The summed E-state index contributed by atoms with van der Waals surface area (Å²) in [6.07, 6.45) is 17.3. The zero-order valence-electron chi connectivity index (χ0n) is 29.1. The molecule has 5 heterocycles. The Labute approximate surface area is 285 Å². The zero-order valence-corrected chi connectivity index (χ0v) is 30.1. The van der Waals surface area contributed by atoms with E-state index in [1.165, 1.54) is 81.5 Å². The van der Waals surface area contributed by atoms with Gasteiger partial charge >= 0.3 is 0 Å². The molecule has 3 bridgehead atoms. The van der Waals surface area contributed by atoms with Crippen LogP contribution in [0.25, 0.3) is 0 Å². The number of nitrogens with zero attached hydrogens (tertiary/aromatic N) is 2.